The molecule has 5 nitrogen and oxygen atoms in total. The number of carboxylic acids is 1. The highest BCUT2D eigenvalue weighted by Crippen LogP contribution is 2.33. The largest absolute Gasteiger partial charge is 0.497 e. The minimum atomic E-state index is -0.789. The van der Waals surface area contributed by atoms with Crippen molar-refractivity contribution in [1.29, 1.82) is 0 Å². The highest BCUT2D eigenvalue weighted by Gasteiger charge is 2.31. The van der Waals surface area contributed by atoms with Crippen LogP contribution in [0.2, 0.25) is 0 Å². The Morgan fingerprint density at radius 1 is 1.18 bits per heavy atom. The van der Waals surface area contributed by atoms with Crippen LogP contribution in [0.25, 0.3) is 16.8 Å². The minimum Gasteiger partial charge on any atom is -0.497 e. The molecule has 0 spiro atoms. The second kappa shape index (κ2) is 9.21. The van der Waals surface area contributed by atoms with E-state index in [4.69, 9.17) is 22.1 Å². The van der Waals surface area contributed by atoms with Crippen molar-refractivity contribution in [2.75, 3.05) is 13.7 Å². The number of thiocarbonyl (C=S) groups is 1. The number of aliphatic carboxylic acids is 1. The number of hydrogen-bond acceptors (Lipinski definition) is 5. The van der Waals surface area contributed by atoms with Crippen molar-refractivity contribution in [2.45, 2.75) is 25.7 Å². The van der Waals surface area contributed by atoms with E-state index in [2.05, 4.69) is 0 Å². The summed E-state index contributed by atoms with van der Waals surface area (Å²) in [6, 6.07) is 11.9. The number of amides is 1. The number of benzene rings is 2. The van der Waals surface area contributed by atoms with Crippen molar-refractivity contribution in [3.05, 3.63) is 46.9 Å². The second-order valence-electron chi connectivity index (χ2n) is 6.51. The van der Waals surface area contributed by atoms with Gasteiger partial charge in [0.2, 0.25) is 0 Å². The third-order valence-corrected chi connectivity index (χ3v) is 5.89. The van der Waals surface area contributed by atoms with Crippen LogP contribution in [-0.4, -0.2) is 39.9 Å². The van der Waals surface area contributed by atoms with Crippen LogP contribution in [0.3, 0.4) is 0 Å². The normalized spacial score (nSPS) is 15.6. The summed E-state index contributed by atoms with van der Waals surface area (Å²) in [4.78, 5) is 25.5. The molecule has 2 aromatic carbocycles. The van der Waals surface area contributed by atoms with Crippen LogP contribution < -0.4 is 4.74 Å². The van der Waals surface area contributed by atoms with Gasteiger partial charge in [-0.05, 0) is 53.5 Å². The Labute approximate surface area is 173 Å². The van der Waals surface area contributed by atoms with Gasteiger partial charge in [-0.2, -0.15) is 0 Å². The number of methoxy groups -OCH3 is 1. The SMILES string of the molecule is COc1ccc2cc(/C=C3\SC(=S)N(CCCCCC(=O)O)C3=O)ccc2c1. The summed E-state index contributed by atoms with van der Waals surface area (Å²) >= 11 is 6.67. The molecule has 1 heterocycles. The molecular formula is C21H21NO4S2. The van der Waals surface area contributed by atoms with E-state index in [9.17, 15) is 9.59 Å². The van der Waals surface area contributed by atoms with Crippen LogP contribution in [0.4, 0.5) is 0 Å². The second-order valence-corrected chi connectivity index (χ2v) is 8.19. The van der Waals surface area contributed by atoms with E-state index < -0.39 is 5.97 Å². The third-order valence-electron chi connectivity index (χ3n) is 4.52. The lowest BCUT2D eigenvalue weighted by Gasteiger charge is -2.13. The molecule has 0 radical (unpaired) electrons. The molecule has 0 aliphatic carbocycles. The van der Waals surface area contributed by atoms with Crippen LogP contribution in [0, 0.1) is 0 Å². The van der Waals surface area contributed by atoms with Crippen LogP contribution >= 0.6 is 24.0 Å². The van der Waals surface area contributed by atoms with Crippen LogP contribution in [0.15, 0.2) is 41.3 Å². The van der Waals surface area contributed by atoms with Gasteiger partial charge in [-0.25, -0.2) is 0 Å². The van der Waals surface area contributed by atoms with Gasteiger partial charge in [0.15, 0.2) is 0 Å². The molecule has 0 aromatic heterocycles. The molecule has 1 fully saturated rings. The Balaban J connectivity index is 1.67. The molecule has 7 heteroatoms. The molecule has 0 atom stereocenters. The molecule has 1 amide bonds. The fourth-order valence-corrected chi connectivity index (χ4v) is 4.33. The van der Waals surface area contributed by atoms with E-state index in [0.717, 1.165) is 34.9 Å². The van der Waals surface area contributed by atoms with Crippen LogP contribution in [0.1, 0.15) is 31.2 Å². The van der Waals surface area contributed by atoms with Gasteiger partial charge in [0.05, 0.1) is 12.0 Å². The van der Waals surface area contributed by atoms with Gasteiger partial charge in [-0.15, -0.1) is 0 Å². The first-order valence-electron chi connectivity index (χ1n) is 9.03. The Bertz CT molecular complexity index is 955. The van der Waals surface area contributed by atoms with Crippen molar-refractivity contribution in [1.82, 2.24) is 4.90 Å². The van der Waals surface area contributed by atoms with Crippen molar-refractivity contribution in [3.8, 4) is 5.75 Å². The highest BCUT2D eigenvalue weighted by atomic mass is 32.2. The van der Waals surface area contributed by atoms with Gasteiger partial charge in [0.1, 0.15) is 10.1 Å². The lowest BCUT2D eigenvalue weighted by Crippen LogP contribution is -2.29. The summed E-state index contributed by atoms with van der Waals surface area (Å²) in [6.45, 7) is 0.527. The first-order valence-corrected chi connectivity index (χ1v) is 10.3. The van der Waals surface area contributed by atoms with E-state index in [1.807, 2.05) is 42.5 Å². The quantitative estimate of drug-likeness (QED) is 0.383. The fraction of sp³-hybridized carbons (Fsp3) is 0.286. The number of thioether (sulfide) groups is 1. The number of fused-ring (bicyclic) bond motifs is 1. The zero-order valence-electron chi connectivity index (χ0n) is 15.5. The van der Waals surface area contributed by atoms with E-state index in [1.165, 1.54) is 11.8 Å². The molecule has 1 N–H and O–H groups in total. The van der Waals surface area contributed by atoms with Crippen molar-refractivity contribution in [3.63, 3.8) is 0 Å². The predicted molar refractivity (Wildman–Crippen MR) is 116 cm³/mol. The number of ether oxygens (including phenoxy) is 1. The summed E-state index contributed by atoms with van der Waals surface area (Å²) in [7, 11) is 1.64. The smallest absolute Gasteiger partial charge is 0.303 e. The Morgan fingerprint density at radius 2 is 1.93 bits per heavy atom. The Hall–Kier alpha value is -2.38. The lowest BCUT2D eigenvalue weighted by molar-refractivity contribution is -0.137. The molecule has 146 valence electrons. The number of hydrogen-bond donors (Lipinski definition) is 1. The zero-order chi connectivity index (χ0) is 20.1. The molecular weight excluding hydrogens is 394 g/mol. The van der Waals surface area contributed by atoms with E-state index in [-0.39, 0.29) is 12.3 Å². The van der Waals surface area contributed by atoms with Crippen LogP contribution in [-0.2, 0) is 9.59 Å². The Kier molecular flexibility index (Phi) is 6.70. The first kappa shape index (κ1) is 20.4. The lowest BCUT2D eigenvalue weighted by atomic mass is 10.1. The van der Waals surface area contributed by atoms with Gasteiger partial charge < -0.3 is 9.84 Å². The number of nitrogens with zero attached hydrogens (tertiary/aromatic N) is 1. The van der Waals surface area contributed by atoms with E-state index >= 15 is 0 Å². The standard InChI is InChI=1S/C21H21NO4S2/c1-26-17-9-8-15-11-14(6-7-16(15)13-17)12-18-20(25)22(21(27)28-18)10-4-2-3-5-19(23)24/h6-9,11-13H,2-5,10H2,1H3,(H,23,24)/b18-12-. The summed E-state index contributed by atoms with van der Waals surface area (Å²) in [6.07, 6.45) is 4.14. The summed E-state index contributed by atoms with van der Waals surface area (Å²) < 4.78 is 5.80. The molecule has 1 saturated heterocycles. The topological polar surface area (TPSA) is 66.8 Å². The van der Waals surface area contributed by atoms with E-state index in [0.29, 0.717) is 22.2 Å². The maximum atomic E-state index is 12.7. The van der Waals surface area contributed by atoms with Crippen molar-refractivity contribution < 1.29 is 19.4 Å². The summed E-state index contributed by atoms with van der Waals surface area (Å²) in [5.41, 5.74) is 0.944. The molecule has 1 aliphatic heterocycles. The molecule has 0 bridgehead atoms. The predicted octanol–water partition coefficient (Wildman–Crippen LogP) is 4.69. The molecule has 2 aromatic rings. The fourth-order valence-electron chi connectivity index (χ4n) is 3.03. The number of carbonyl (C=O) groups is 2. The molecule has 3 rings (SSSR count). The highest BCUT2D eigenvalue weighted by molar-refractivity contribution is 8.26. The summed E-state index contributed by atoms with van der Waals surface area (Å²) in [5.74, 6) is -0.0603. The van der Waals surface area contributed by atoms with Gasteiger partial charge in [-0.1, -0.05) is 48.6 Å². The third kappa shape index (κ3) is 4.91. The molecule has 0 unspecified atom stereocenters. The van der Waals surface area contributed by atoms with Gasteiger partial charge >= 0.3 is 5.97 Å². The average Bonchev–Trinajstić information content (AvgIpc) is 2.94. The van der Waals surface area contributed by atoms with Gasteiger partial charge in [0, 0.05) is 13.0 Å². The maximum absolute atomic E-state index is 12.7. The number of unbranched alkanes of at least 4 members (excludes halogenated alkanes) is 2. The number of carboxylic acid groups (broad SMARTS) is 1. The van der Waals surface area contributed by atoms with Crippen molar-refractivity contribution in [2.24, 2.45) is 0 Å². The zero-order valence-corrected chi connectivity index (χ0v) is 17.1. The minimum absolute atomic E-state index is 0.0805. The van der Waals surface area contributed by atoms with E-state index in [1.54, 1.807) is 12.0 Å². The number of rotatable bonds is 8. The van der Waals surface area contributed by atoms with Gasteiger partial charge in [-0.3, -0.25) is 14.5 Å². The molecule has 28 heavy (non-hydrogen) atoms. The van der Waals surface area contributed by atoms with Crippen molar-refractivity contribution >= 4 is 57.0 Å². The molecule has 0 saturated carbocycles. The molecule has 1 aliphatic rings. The number of carbonyl (C=O) groups excluding carboxylic acids is 1. The maximum Gasteiger partial charge on any atom is 0.303 e. The average molecular weight is 416 g/mol. The Morgan fingerprint density at radius 3 is 2.68 bits per heavy atom. The van der Waals surface area contributed by atoms with Crippen LogP contribution in [0.5, 0.6) is 5.75 Å². The monoisotopic (exact) mass is 415 g/mol. The van der Waals surface area contributed by atoms with Gasteiger partial charge in [0.25, 0.3) is 5.91 Å². The summed E-state index contributed by atoms with van der Waals surface area (Å²) in [5, 5.41) is 10.8. The first-order chi connectivity index (χ1) is 13.5.